The Morgan fingerprint density at radius 2 is 2.27 bits per heavy atom. The molecule has 124 valence electrons. The third-order valence-corrected chi connectivity index (χ3v) is 3.80. The Morgan fingerprint density at radius 1 is 1.55 bits per heavy atom. The second-order valence-corrected chi connectivity index (χ2v) is 6.93. The first-order chi connectivity index (χ1) is 10.3. The molecule has 2 rings (SSSR count). The van der Waals surface area contributed by atoms with Gasteiger partial charge in [-0.15, -0.1) is 0 Å². The van der Waals surface area contributed by atoms with E-state index in [9.17, 15) is 4.79 Å². The average Bonchev–Trinajstić information content (AvgIpc) is 3.05. The summed E-state index contributed by atoms with van der Waals surface area (Å²) in [6, 6.07) is 0.524. The van der Waals surface area contributed by atoms with E-state index >= 15 is 0 Å². The molecule has 2 heterocycles. The van der Waals surface area contributed by atoms with E-state index in [1.807, 2.05) is 31.6 Å². The lowest BCUT2D eigenvalue weighted by Crippen LogP contribution is -2.38. The van der Waals surface area contributed by atoms with Crippen molar-refractivity contribution in [1.29, 1.82) is 0 Å². The van der Waals surface area contributed by atoms with Crippen LogP contribution in [0, 0.1) is 0 Å². The van der Waals surface area contributed by atoms with Crippen LogP contribution in [0.3, 0.4) is 0 Å². The quantitative estimate of drug-likeness (QED) is 0.928. The molecule has 1 amide bonds. The summed E-state index contributed by atoms with van der Waals surface area (Å²) in [4.78, 5) is 13.8. The van der Waals surface area contributed by atoms with Gasteiger partial charge in [0, 0.05) is 43.5 Å². The molecule has 2 unspecified atom stereocenters. The summed E-state index contributed by atoms with van der Waals surface area (Å²) >= 11 is 0. The van der Waals surface area contributed by atoms with Crippen molar-refractivity contribution in [3.8, 4) is 0 Å². The number of nitrogens with zero attached hydrogens (tertiary/aromatic N) is 3. The Bertz CT molecular complexity index is 506. The first-order valence-corrected chi connectivity index (χ1v) is 8.05. The second-order valence-electron chi connectivity index (χ2n) is 6.93. The van der Waals surface area contributed by atoms with E-state index in [2.05, 4.69) is 30.5 Å². The lowest BCUT2D eigenvalue weighted by Gasteiger charge is -2.25. The predicted molar refractivity (Wildman–Crippen MR) is 85.7 cm³/mol. The first-order valence-electron chi connectivity index (χ1n) is 8.05. The van der Waals surface area contributed by atoms with E-state index in [1.54, 1.807) is 4.90 Å². The third kappa shape index (κ3) is 4.47. The van der Waals surface area contributed by atoms with Crippen LogP contribution in [-0.4, -0.2) is 45.5 Å². The molecule has 0 spiro atoms. The van der Waals surface area contributed by atoms with Gasteiger partial charge >= 0.3 is 6.09 Å². The molecule has 1 aliphatic heterocycles. The molecule has 1 saturated heterocycles. The molecule has 6 nitrogen and oxygen atoms in total. The Balaban J connectivity index is 1.84. The maximum absolute atomic E-state index is 12.1. The minimum Gasteiger partial charge on any atom is -0.444 e. The van der Waals surface area contributed by atoms with Gasteiger partial charge in [-0.2, -0.15) is 5.10 Å². The normalized spacial score (nSPS) is 20.2. The minimum atomic E-state index is -0.440. The summed E-state index contributed by atoms with van der Waals surface area (Å²) in [5, 5.41) is 7.88. The van der Waals surface area contributed by atoms with Crippen molar-refractivity contribution >= 4 is 6.09 Å². The molecule has 1 aromatic heterocycles. The Kier molecular flexibility index (Phi) is 5.11. The van der Waals surface area contributed by atoms with E-state index in [-0.39, 0.29) is 12.1 Å². The zero-order chi connectivity index (χ0) is 16.3. The standard InChI is InChI=1S/C16H28N4O2/c1-6-20-10-13(9-17-20)12(2)18-14-7-8-19(11-14)15(21)22-16(3,4)5/h9-10,12,14,18H,6-8,11H2,1-5H3. The molecule has 1 aliphatic rings. The monoisotopic (exact) mass is 308 g/mol. The molecule has 0 aliphatic carbocycles. The molecule has 0 bridgehead atoms. The van der Waals surface area contributed by atoms with Gasteiger partial charge in [0.2, 0.25) is 0 Å². The van der Waals surface area contributed by atoms with Gasteiger partial charge in [0.1, 0.15) is 5.60 Å². The van der Waals surface area contributed by atoms with Crippen molar-refractivity contribution in [3.05, 3.63) is 18.0 Å². The molecule has 22 heavy (non-hydrogen) atoms. The topological polar surface area (TPSA) is 59.4 Å². The number of amides is 1. The van der Waals surface area contributed by atoms with Crippen LogP contribution in [0.4, 0.5) is 4.79 Å². The number of ether oxygens (including phenoxy) is 1. The van der Waals surface area contributed by atoms with Gasteiger partial charge in [-0.05, 0) is 41.0 Å². The van der Waals surface area contributed by atoms with Crippen molar-refractivity contribution < 1.29 is 9.53 Å². The van der Waals surface area contributed by atoms with Crippen molar-refractivity contribution in [3.63, 3.8) is 0 Å². The molecule has 0 saturated carbocycles. The van der Waals surface area contributed by atoms with E-state index in [0.29, 0.717) is 12.6 Å². The van der Waals surface area contributed by atoms with Crippen molar-refractivity contribution in [2.45, 2.75) is 65.3 Å². The van der Waals surface area contributed by atoms with E-state index in [1.165, 1.54) is 5.56 Å². The highest BCUT2D eigenvalue weighted by molar-refractivity contribution is 5.68. The zero-order valence-corrected chi connectivity index (χ0v) is 14.3. The van der Waals surface area contributed by atoms with Gasteiger partial charge in [-0.1, -0.05) is 0 Å². The molecule has 1 N–H and O–H groups in total. The predicted octanol–water partition coefficient (Wildman–Crippen LogP) is 2.56. The summed E-state index contributed by atoms with van der Waals surface area (Å²) < 4.78 is 7.35. The second kappa shape index (κ2) is 6.69. The summed E-state index contributed by atoms with van der Waals surface area (Å²) in [6.07, 6.45) is 4.70. The van der Waals surface area contributed by atoms with Gasteiger partial charge < -0.3 is 15.0 Å². The minimum absolute atomic E-state index is 0.219. The maximum Gasteiger partial charge on any atom is 0.410 e. The molecular formula is C16H28N4O2. The molecule has 0 aromatic carbocycles. The van der Waals surface area contributed by atoms with Crippen LogP contribution in [0.5, 0.6) is 0 Å². The number of carbonyl (C=O) groups excluding carboxylic acids is 1. The largest absolute Gasteiger partial charge is 0.444 e. The number of nitrogens with one attached hydrogen (secondary N) is 1. The smallest absolute Gasteiger partial charge is 0.410 e. The van der Waals surface area contributed by atoms with Gasteiger partial charge in [-0.25, -0.2) is 4.79 Å². The molecule has 0 radical (unpaired) electrons. The average molecular weight is 308 g/mol. The van der Waals surface area contributed by atoms with Crippen molar-refractivity contribution in [2.75, 3.05) is 13.1 Å². The summed E-state index contributed by atoms with van der Waals surface area (Å²) in [5.41, 5.74) is 0.738. The fraction of sp³-hybridized carbons (Fsp3) is 0.750. The number of carbonyl (C=O) groups is 1. The van der Waals surface area contributed by atoms with Crippen LogP contribution in [0.2, 0.25) is 0 Å². The Morgan fingerprint density at radius 3 is 2.86 bits per heavy atom. The highest BCUT2D eigenvalue weighted by Gasteiger charge is 2.30. The molecule has 1 fully saturated rings. The lowest BCUT2D eigenvalue weighted by molar-refractivity contribution is 0.0290. The number of hydrogen-bond donors (Lipinski definition) is 1. The maximum atomic E-state index is 12.1. The first kappa shape index (κ1) is 16.8. The fourth-order valence-electron chi connectivity index (χ4n) is 2.61. The van der Waals surface area contributed by atoms with Crippen LogP contribution in [0.25, 0.3) is 0 Å². The van der Waals surface area contributed by atoms with Crippen molar-refractivity contribution in [2.24, 2.45) is 0 Å². The van der Waals surface area contributed by atoms with Gasteiger partial charge in [0.25, 0.3) is 0 Å². The Hall–Kier alpha value is -1.56. The van der Waals surface area contributed by atoms with E-state index in [0.717, 1.165) is 19.5 Å². The zero-order valence-electron chi connectivity index (χ0n) is 14.3. The molecule has 6 heteroatoms. The Labute approximate surface area is 132 Å². The number of aryl methyl sites for hydroxylation is 1. The number of aromatic nitrogens is 2. The van der Waals surface area contributed by atoms with Crippen molar-refractivity contribution in [1.82, 2.24) is 20.0 Å². The van der Waals surface area contributed by atoms with Crippen LogP contribution in [-0.2, 0) is 11.3 Å². The highest BCUT2D eigenvalue weighted by atomic mass is 16.6. The SMILES string of the molecule is CCn1cc(C(C)NC2CCN(C(=O)OC(C)(C)C)C2)cn1. The van der Waals surface area contributed by atoms with Crippen LogP contribution in [0.15, 0.2) is 12.4 Å². The van der Waals surface area contributed by atoms with Gasteiger partial charge in [0.15, 0.2) is 0 Å². The molecule has 1 aromatic rings. The van der Waals surface area contributed by atoms with Crippen LogP contribution >= 0.6 is 0 Å². The number of hydrogen-bond acceptors (Lipinski definition) is 4. The summed E-state index contributed by atoms with van der Waals surface area (Å²) in [7, 11) is 0. The lowest BCUT2D eigenvalue weighted by atomic mass is 10.1. The van der Waals surface area contributed by atoms with Crippen LogP contribution in [0.1, 0.15) is 52.6 Å². The summed E-state index contributed by atoms with van der Waals surface area (Å²) in [5.74, 6) is 0. The molecule has 2 atom stereocenters. The molecular weight excluding hydrogens is 280 g/mol. The van der Waals surface area contributed by atoms with E-state index < -0.39 is 5.60 Å². The summed E-state index contributed by atoms with van der Waals surface area (Å²) in [6.45, 7) is 12.2. The van der Waals surface area contributed by atoms with Crippen LogP contribution < -0.4 is 5.32 Å². The highest BCUT2D eigenvalue weighted by Crippen LogP contribution is 2.18. The number of likely N-dealkylation sites (tertiary alicyclic amines) is 1. The number of rotatable bonds is 4. The fourth-order valence-corrected chi connectivity index (χ4v) is 2.61. The van der Waals surface area contributed by atoms with Gasteiger partial charge in [0.05, 0.1) is 6.20 Å². The van der Waals surface area contributed by atoms with E-state index in [4.69, 9.17) is 4.74 Å². The third-order valence-electron chi connectivity index (χ3n) is 3.80. The van der Waals surface area contributed by atoms with Gasteiger partial charge in [-0.3, -0.25) is 4.68 Å².